The highest BCUT2D eigenvalue weighted by molar-refractivity contribution is 5.97. The lowest BCUT2D eigenvalue weighted by molar-refractivity contribution is 0.0776. The van der Waals surface area contributed by atoms with E-state index < -0.39 is 0 Å². The van der Waals surface area contributed by atoms with Gasteiger partial charge in [0.25, 0.3) is 5.91 Å². The molecule has 2 N–H and O–H groups in total. The number of likely N-dealkylation sites (tertiary alicyclic amines) is 1. The van der Waals surface area contributed by atoms with E-state index in [-0.39, 0.29) is 11.9 Å². The summed E-state index contributed by atoms with van der Waals surface area (Å²) in [5.74, 6) is 2.28. The van der Waals surface area contributed by atoms with E-state index in [0.29, 0.717) is 28.9 Å². The minimum absolute atomic E-state index is 0.0242. The quantitative estimate of drug-likeness (QED) is 0.916. The third-order valence-corrected chi connectivity index (χ3v) is 4.84. The highest BCUT2D eigenvalue weighted by Crippen LogP contribution is 2.38. The van der Waals surface area contributed by atoms with Gasteiger partial charge in [0, 0.05) is 25.2 Å². The Morgan fingerprint density at radius 1 is 1.24 bits per heavy atom. The molecule has 3 rings (SSSR count). The number of carbonyl (C=O) groups is 1. The molecule has 1 aromatic carbocycles. The molecule has 3 unspecified atom stereocenters. The molecule has 1 aliphatic heterocycles. The first-order chi connectivity index (χ1) is 10.1. The van der Waals surface area contributed by atoms with Gasteiger partial charge in [0.05, 0.1) is 19.8 Å². The summed E-state index contributed by atoms with van der Waals surface area (Å²) >= 11 is 0. The molecule has 0 bridgehead atoms. The lowest BCUT2D eigenvalue weighted by Gasteiger charge is -2.20. The van der Waals surface area contributed by atoms with Gasteiger partial charge in [0.15, 0.2) is 0 Å². The second-order valence-corrected chi connectivity index (χ2v) is 5.94. The van der Waals surface area contributed by atoms with Crippen LogP contribution in [0.5, 0.6) is 11.5 Å². The zero-order valence-corrected chi connectivity index (χ0v) is 12.5. The van der Waals surface area contributed by atoms with E-state index in [9.17, 15) is 4.79 Å². The van der Waals surface area contributed by atoms with E-state index in [0.717, 1.165) is 25.9 Å². The highest BCUT2D eigenvalue weighted by atomic mass is 16.5. The second-order valence-electron chi connectivity index (χ2n) is 5.94. The monoisotopic (exact) mass is 290 g/mol. The van der Waals surface area contributed by atoms with Crippen LogP contribution in [-0.2, 0) is 0 Å². The van der Waals surface area contributed by atoms with Gasteiger partial charge >= 0.3 is 0 Å². The maximum Gasteiger partial charge on any atom is 0.257 e. The number of amides is 1. The van der Waals surface area contributed by atoms with Gasteiger partial charge in [-0.15, -0.1) is 0 Å². The van der Waals surface area contributed by atoms with Gasteiger partial charge in [0.1, 0.15) is 11.5 Å². The molecule has 0 radical (unpaired) electrons. The molecule has 2 fully saturated rings. The van der Waals surface area contributed by atoms with Crippen LogP contribution in [0.3, 0.4) is 0 Å². The van der Waals surface area contributed by atoms with Crippen molar-refractivity contribution < 1.29 is 14.3 Å². The predicted octanol–water partition coefficient (Wildman–Crippen LogP) is 1.51. The maximum atomic E-state index is 12.7. The van der Waals surface area contributed by atoms with Gasteiger partial charge < -0.3 is 20.1 Å². The minimum Gasteiger partial charge on any atom is -0.497 e. The van der Waals surface area contributed by atoms with Crippen LogP contribution < -0.4 is 15.2 Å². The molecule has 1 aliphatic carbocycles. The Morgan fingerprint density at radius 3 is 2.71 bits per heavy atom. The summed E-state index contributed by atoms with van der Waals surface area (Å²) < 4.78 is 10.5. The van der Waals surface area contributed by atoms with Gasteiger partial charge in [-0.2, -0.15) is 0 Å². The molecule has 1 heterocycles. The number of ether oxygens (including phenoxy) is 2. The number of methoxy groups -OCH3 is 2. The van der Waals surface area contributed by atoms with Crippen LogP contribution in [0.25, 0.3) is 0 Å². The highest BCUT2D eigenvalue weighted by Gasteiger charge is 2.42. The lowest BCUT2D eigenvalue weighted by atomic mass is 9.98. The maximum absolute atomic E-state index is 12.7. The molecule has 114 valence electrons. The van der Waals surface area contributed by atoms with Gasteiger partial charge in [-0.25, -0.2) is 0 Å². The number of carbonyl (C=O) groups excluding carboxylic acids is 1. The molecule has 1 saturated heterocycles. The van der Waals surface area contributed by atoms with Crippen molar-refractivity contribution >= 4 is 5.91 Å². The van der Waals surface area contributed by atoms with Crippen molar-refractivity contribution in [3.8, 4) is 11.5 Å². The Kier molecular flexibility index (Phi) is 3.76. The number of benzene rings is 1. The molecule has 5 heteroatoms. The summed E-state index contributed by atoms with van der Waals surface area (Å²) in [5, 5.41) is 0. The third kappa shape index (κ3) is 2.46. The van der Waals surface area contributed by atoms with Crippen LogP contribution in [0.4, 0.5) is 0 Å². The van der Waals surface area contributed by atoms with Gasteiger partial charge in [0.2, 0.25) is 0 Å². The summed E-state index contributed by atoms with van der Waals surface area (Å²) in [5.41, 5.74) is 6.73. The minimum atomic E-state index is 0.0242. The van der Waals surface area contributed by atoms with Crippen molar-refractivity contribution in [1.82, 2.24) is 4.90 Å². The first-order valence-electron chi connectivity index (χ1n) is 7.41. The first kappa shape index (κ1) is 14.2. The van der Waals surface area contributed by atoms with E-state index in [1.807, 2.05) is 4.90 Å². The summed E-state index contributed by atoms with van der Waals surface area (Å²) in [6.45, 7) is 1.58. The smallest absolute Gasteiger partial charge is 0.257 e. The molecule has 2 aliphatic rings. The summed E-state index contributed by atoms with van der Waals surface area (Å²) in [7, 11) is 3.17. The molecule has 21 heavy (non-hydrogen) atoms. The topological polar surface area (TPSA) is 64.8 Å². The van der Waals surface area contributed by atoms with Crippen molar-refractivity contribution in [3.63, 3.8) is 0 Å². The number of fused-ring (bicyclic) bond motifs is 1. The van der Waals surface area contributed by atoms with Crippen LogP contribution in [0.15, 0.2) is 18.2 Å². The van der Waals surface area contributed by atoms with Crippen molar-refractivity contribution in [2.75, 3.05) is 27.3 Å². The predicted molar refractivity (Wildman–Crippen MR) is 79.6 cm³/mol. The first-order valence-corrected chi connectivity index (χ1v) is 7.41. The fraction of sp³-hybridized carbons (Fsp3) is 0.562. The molecular weight excluding hydrogens is 268 g/mol. The Bertz CT molecular complexity index is 546. The molecule has 1 amide bonds. The molecule has 0 spiro atoms. The molecule has 1 aromatic rings. The summed E-state index contributed by atoms with van der Waals surface area (Å²) in [6, 6.07) is 5.55. The van der Waals surface area contributed by atoms with Crippen molar-refractivity contribution in [2.24, 2.45) is 17.6 Å². The van der Waals surface area contributed by atoms with E-state index in [4.69, 9.17) is 15.2 Å². The zero-order chi connectivity index (χ0) is 15.0. The van der Waals surface area contributed by atoms with Crippen LogP contribution >= 0.6 is 0 Å². The third-order valence-electron chi connectivity index (χ3n) is 4.84. The Labute approximate surface area is 125 Å². The van der Waals surface area contributed by atoms with Crippen LogP contribution in [0.2, 0.25) is 0 Å². The molecule has 1 saturated carbocycles. The van der Waals surface area contributed by atoms with Crippen molar-refractivity contribution in [3.05, 3.63) is 23.8 Å². The molecule has 5 nitrogen and oxygen atoms in total. The van der Waals surface area contributed by atoms with E-state index in [2.05, 4.69) is 0 Å². The van der Waals surface area contributed by atoms with E-state index >= 15 is 0 Å². The largest absolute Gasteiger partial charge is 0.497 e. The van der Waals surface area contributed by atoms with Crippen LogP contribution in [0.1, 0.15) is 23.2 Å². The standard InChI is InChI=1S/C16H22N2O3/c1-20-11-4-5-12(15(7-11)21-2)16(19)18-8-10-3-6-14(17)13(10)9-18/h4-5,7,10,13-14H,3,6,8-9,17H2,1-2H3. The number of hydrogen-bond acceptors (Lipinski definition) is 4. The summed E-state index contributed by atoms with van der Waals surface area (Å²) in [4.78, 5) is 14.6. The summed E-state index contributed by atoms with van der Waals surface area (Å²) in [6.07, 6.45) is 2.22. The molecule has 3 atom stereocenters. The van der Waals surface area contributed by atoms with Gasteiger partial charge in [-0.1, -0.05) is 0 Å². The number of nitrogens with zero attached hydrogens (tertiary/aromatic N) is 1. The zero-order valence-electron chi connectivity index (χ0n) is 12.5. The Balaban J connectivity index is 1.80. The fourth-order valence-corrected chi connectivity index (χ4v) is 3.62. The second kappa shape index (κ2) is 5.56. The Morgan fingerprint density at radius 2 is 2.05 bits per heavy atom. The van der Waals surface area contributed by atoms with E-state index in [1.54, 1.807) is 32.4 Å². The fourth-order valence-electron chi connectivity index (χ4n) is 3.62. The lowest BCUT2D eigenvalue weighted by Crippen LogP contribution is -2.33. The van der Waals surface area contributed by atoms with Crippen LogP contribution in [-0.4, -0.2) is 44.2 Å². The number of rotatable bonds is 3. The number of hydrogen-bond donors (Lipinski definition) is 1. The number of nitrogens with two attached hydrogens (primary N) is 1. The van der Waals surface area contributed by atoms with Crippen molar-refractivity contribution in [2.45, 2.75) is 18.9 Å². The van der Waals surface area contributed by atoms with Gasteiger partial charge in [-0.3, -0.25) is 4.79 Å². The van der Waals surface area contributed by atoms with Gasteiger partial charge in [-0.05, 0) is 36.8 Å². The Hall–Kier alpha value is -1.75. The molecule has 0 aromatic heterocycles. The average molecular weight is 290 g/mol. The normalized spacial score (nSPS) is 27.6. The SMILES string of the molecule is COc1ccc(C(=O)N2CC3CCC(N)C3C2)c(OC)c1. The average Bonchev–Trinajstić information content (AvgIpc) is 3.08. The van der Waals surface area contributed by atoms with E-state index in [1.165, 1.54) is 0 Å². The van der Waals surface area contributed by atoms with Crippen molar-refractivity contribution in [1.29, 1.82) is 0 Å². The van der Waals surface area contributed by atoms with Crippen LogP contribution in [0, 0.1) is 11.8 Å². The molecular formula is C16H22N2O3.